The van der Waals surface area contributed by atoms with Gasteiger partial charge in [0.15, 0.2) is 0 Å². The smallest absolute Gasteiger partial charge is 0.123 e. The van der Waals surface area contributed by atoms with E-state index in [0.717, 1.165) is 17.7 Å². The number of aliphatic hydroxyl groups is 1. The molecule has 0 amide bonds. The van der Waals surface area contributed by atoms with Gasteiger partial charge in [-0.3, -0.25) is 0 Å². The SMILES string of the molecule is CC1Cc2cc(C3(N)CC(O)C3)ccc2O1. The van der Waals surface area contributed by atoms with Gasteiger partial charge in [0.25, 0.3) is 0 Å². The summed E-state index contributed by atoms with van der Waals surface area (Å²) in [6, 6.07) is 6.18. The van der Waals surface area contributed by atoms with Crippen molar-refractivity contribution in [1.82, 2.24) is 0 Å². The molecule has 3 nitrogen and oxygen atoms in total. The van der Waals surface area contributed by atoms with Crippen LogP contribution in [0.3, 0.4) is 0 Å². The predicted octanol–water partition coefficient (Wildman–Crippen LogP) is 1.32. The Morgan fingerprint density at radius 3 is 2.88 bits per heavy atom. The Morgan fingerprint density at radius 1 is 1.44 bits per heavy atom. The van der Waals surface area contributed by atoms with E-state index in [9.17, 15) is 5.11 Å². The lowest BCUT2D eigenvalue weighted by Gasteiger charge is -2.42. The van der Waals surface area contributed by atoms with Gasteiger partial charge in [-0.15, -0.1) is 0 Å². The molecule has 3 N–H and O–H groups in total. The van der Waals surface area contributed by atoms with Gasteiger partial charge >= 0.3 is 0 Å². The minimum absolute atomic E-state index is 0.228. The molecule has 1 heterocycles. The third-order valence-electron chi connectivity index (χ3n) is 3.67. The Balaban J connectivity index is 1.91. The highest BCUT2D eigenvalue weighted by atomic mass is 16.5. The Kier molecular flexibility index (Phi) is 2.03. The summed E-state index contributed by atoms with van der Waals surface area (Å²) in [5.74, 6) is 0.986. The second kappa shape index (κ2) is 3.22. The number of nitrogens with two attached hydrogens (primary N) is 1. The Morgan fingerprint density at radius 2 is 2.19 bits per heavy atom. The zero-order valence-corrected chi connectivity index (χ0v) is 9.44. The first-order chi connectivity index (χ1) is 7.57. The molecular weight excluding hydrogens is 202 g/mol. The molecule has 2 aliphatic rings. The summed E-state index contributed by atoms with van der Waals surface area (Å²) >= 11 is 0. The average Bonchev–Trinajstić information content (AvgIpc) is 2.54. The van der Waals surface area contributed by atoms with Crippen molar-refractivity contribution in [2.24, 2.45) is 5.73 Å². The van der Waals surface area contributed by atoms with Crippen LogP contribution < -0.4 is 10.5 Å². The molecule has 0 saturated heterocycles. The van der Waals surface area contributed by atoms with Gasteiger partial charge in [0.2, 0.25) is 0 Å². The van der Waals surface area contributed by atoms with Crippen LogP contribution in [0.25, 0.3) is 0 Å². The van der Waals surface area contributed by atoms with Crippen LogP contribution in [0.1, 0.15) is 30.9 Å². The Labute approximate surface area is 95.2 Å². The lowest BCUT2D eigenvalue weighted by atomic mass is 9.70. The van der Waals surface area contributed by atoms with Gasteiger partial charge in [0, 0.05) is 12.0 Å². The maximum Gasteiger partial charge on any atom is 0.123 e. The Bertz CT molecular complexity index is 424. The van der Waals surface area contributed by atoms with Crippen molar-refractivity contribution in [1.29, 1.82) is 0 Å². The molecular formula is C13H17NO2. The number of rotatable bonds is 1. The van der Waals surface area contributed by atoms with Crippen LogP contribution in [0, 0.1) is 0 Å². The van der Waals surface area contributed by atoms with E-state index in [2.05, 4.69) is 13.0 Å². The van der Waals surface area contributed by atoms with Gasteiger partial charge in [-0.25, -0.2) is 0 Å². The van der Waals surface area contributed by atoms with E-state index in [-0.39, 0.29) is 17.7 Å². The second-order valence-electron chi connectivity index (χ2n) is 5.17. The standard InChI is InChI=1S/C13H17NO2/c1-8-4-9-5-10(2-3-12(9)16-8)13(14)6-11(15)7-13/h2-3,5,8,11,15H,4,6-7,14H2,1H3. The molecule has 0 bridgehead atoms. The van der Waals surface area contributed by atoms with Crippen LogP contribution in [-0.4, -0.2) is 17.3 Å². The zero-order chi connectivity index (χ0) is 11.3. The third kappa shape index (κ3) is 1.43. The van der Waals surface area contributed by atoms with Crippen LogP contribution in [-0.2, 0) is 12.0 Å². The van der Waals surface area contributed by atoms with Crippen molar-refractivity contribution >= 4 is 0 Å². The molecule has 3 heteroatoms. The van der Waals surface area contributed by atoms with E-state index >= 15 is 0 Å². The number of fused-ring (bicyclic) bond motifs is 1. The number of benzene rings is 1. The first-order valence-electron chi connectivity index (χ1n) is 5.84. The number of aliphatic hydroxyl groups excluding tert-OH is 1. The summed E-state index contributed by atoms with van der Waals surface area (Å²) in [4.78, 5) is 0. The highest BCUT2D eigenvalue weighted by molar-refractivity contribution is 5.43. The second-order valence-corrected chi connectivity index (χ2v) is 5.17. The molecule has 0 spiro atoms. The molecule has 1 aromatic carbocycles. The van der Waals surface area contributed by atoms with Gasteiger partial charge in [0.1, 0.15) is 11.9 Å². The first kappa shape index (κ1) is 10.1. The van der Waals surface area contributed by atoms with Crippen LogP contribution in [0.5, 0.6) is 5.75 Å². The van der Waals surface area contributed by atoms with Crippen LogP contribution in [0.15, 0.2) is 18.2 Å². The van der Waals surface area contributed by atoms with Crippen LogP contribution in [0.4, 0.5) is 0 Å². The van der Waals surface area contributed by atoms with Gasteiger partial charge in [-0.1, -0.05) is 12.1 Å². The normalized spacial score (nSPS) is 36.4. The average molecular weight is 219 g/mol. The van der Waals surface area contributed by atoms with E-state index < -0.39 is 0 Å². The fourth-order valence-electron chi connectivity index (χ4n) is 2.75. The van der Waals surface area contributed by atoms with E-state index in [1.165, 1.54) is 5.56 Å². The predicted molar refractivity (Wildman–Crippen MR) is 61.3 cm³/mol. The molecule has 16 heavy (non-hydrogen) atoms. The summed E-state index contributed by atoms with van der Waals surface area (Å²) in [6.45, 7) is 2.07. The minimum atomic E-state index is -0.319. The molecule has 86 valence electrons. The Hall–Kier alpha value is -1.06. The largest absolute Gasteiger partial charge is 0.490 e. The maximum absolute atomic E-state index is 9.38. The van der Waals surface area contributed by atoms with Crippen molar-refractivity contribution in [2.75, 3.05) is 0 Å². The number of ether oxygens (including phenoxy) is 1. The molecule has 1 atom stereocenters. The van der Waals surface area contributed by atoms with Crippen molar-refractivity contribution in [3.63, 3.8) is 0 Å². The van der Waals surface area contributed by atoms with Crippen molar-refractivity contribution in [3.05, 3.63) is 29.3 Å². The van der Waals surface area contributed by atoms with Crippen molar-refractivity contribution in [3.8, 4) is 5.75 Å². The summed E-state index contributed by atoms with van der Waals surface area (Å²) in [6.07, 6.45) is 2.34. The highest BCUT2D eigenvalue weighted by Crippen LogP contribution is 2.41. The molecule has 3 rings (SSSR count). The summed E-state index contributed by atoms with van der Waals surface area (Å²) in [7, 11) is 0. The molecule has 1 saturated carbocycles. The van der Waals surface area contributed by atoms with E-state index in [1.54, 1.807) is 0 Å². The van der Waals surface area contributed by atoms with Gasteiger partial charge in [0.05, 0.1) is 6.10 Å². The zero-order valence-electron chi connectivity index (χ0n) is 9.44. The highest BCUT2D eigenvalue weighted by Gasteiger charge is 2.41. The van der Waals surface area contributed by atoms with Crippen molar-refractivity contribution in [2.45, 2.75) is 43.9 Å². The number of hydrogen-bond donors (Lipinski definition) is 2. The summed E-state index contributed by atoms with van der Waals surface area (Å²) < 4.78 is 5.66. The summed E-state index contributed by atoms with van der Waals surface area (Å²) in [5.41, 5.74) is 8.30. The van der Waals surface area contributed by atoms with Crippen LogP contribution in [0.2, 0.25) is 0 Å². The summed E-state index contributed by atoms with van der Waals surface area (Å²) in [5, 5.41) is 9.38. The maximum atomic E-state index is 9.38. The lowest BCUT2D eigenvalue weighted by Crippen LogP contribution is -2.51. The van der Waals surface area contributed by atoms with Gasteiger partial charge < -0.3 is 15.6 Å². The topological polar surface area (TPSA) is 55.5 Å². The molecule has 1 aliphatic heterocycles. The first-order valence-corrected chi connectivity index (χ1v) is 5.84. The lowest BCUT2D eigenvalue weighted by molar-refractivity contribution is 0.0209. The fraction of sp³-hybridized carbons (Fsp3) is 0.538. The molecule has 1 unspecified atom stereocenters. The molecule has 1 aromatic rings. The quantitative estimate of drug-likeness (QED) is 0.749. The van der Waals surface area contributed by atoms with Gasteiger partial charge in [-0.2, -0.15) is 0 Å². The molecule has 0 aromatic heterocycles. The van der Waals surface area contributed by atoms with Gasteiger partial charge in [-0.05, 0) is 37.0 Å². The fourth-order valence-corrected chi connectivity index (χ4v) is 2.75. The molecule has 0 radical (unpaired) electrons. The third-order valence-corrected chi connectivity index (χ3v) is 3.67. The van der Waals surface area contributed by atoms with Crippen LogP contribution >= 0.6 is 0 Å². The molecule has 1 aliphatic carbocycles. The monoisotopic (exact) mass is 219 g/mol. The van der Waals surface area contributed by atoms with E-state index in [1.807, 2.05) is 12.1 Å². The minimum Gasteiger partial charge on any atom is -0.490 e. The van der Waals surface area contributed by atoms with Crippen molar-refractivity contribution < 1.29 is 9.84 Å². The van der Waals surface area contributed by atoms with E-state index in [0.29, 0.717) is 12.8 Å². The molecule has 1 fully saturated rings. The number of hydrogen-bond acceptors (Lipinski definition) is 3. The van der Waals surface area contributed by atoms with E-state index in [4.69, 9.17) is 10.5 Å².